The Hall–Kier alpha value is -3.46. The fourth-order valence-electron chi connectivity index (χ4n) is 3.94. The number of nitrogens with zero attached hydrogens (tertiary/aromatic N) is 3. The zero-order valence-electron chi connectivity index (χ0n) is 17.5. The van der Waals surface area contributed by atoms with E-state index in [1.54, 1.807) is 6.20 Å². The summed E-state index contributed by atoms with van der Waals surface area (Å²) in [7, 11) is 2.06. The van der Waals surface area contributed by atoms with Crippen LogP contribution in [0.1, 0.15) is 34.7 Å². The van der Waals surface area contributed by atoms with E-state index in [0.29, 0.717) is 0 Å². The van der Waals surface area contributed by atoms with E-state index in [2.05, 4.69) is 33.3 Å². The van der Waals surface area contributed by atoms with Gasteiger partial charge in [0.25, 0.3) is 0 Å². The number of carbonyl (C=O) groups is 3. The molecule has 31 heavy (non-hydrogen) atoms. The molecule has 2 atom stereocenters. The number of aromatic nitrogens is 3. The topological polar surface area (TPSA) is 140 Å². The number of carboxylic acid groups (broad SMARTS) is 2. The number of aryl methyl sites for hydroxylation is 2. The van der Waals surface area contributed by atoms with Gasteiger partial charge in [-0.25, -0.2) is 4.98 Å². The number of hydrogen-bond acceptors (Lipinski definition) is 5. The summed E-state index contributed by atoms with van der Waals surface area (Å²) in [6, 6.07) is 6.92. The summed E-state index contributed by atoms with van der Waals surface area (Å²) in [6.07, 6.45) is 5.10. The van der Waals surface area contributed by atoms with Crippen molar-refractivity contribution in [3.8, 4) is 0 Å². The number of carbonyl (C=O) groups excluding carboxylic acids is 1. The van der Waals surface area contributed by atoms with Crippen LogP contribution in [0, 0.1) is 12.8 Å². The molecule has 3 aromatic rings. The Morgan fingerprint density at radius 1 is 1.29 bits per heavy atom. The average molecular weight is 426 g/mol. The van der Waals surface area contributed by atoms with Gasteiger partial charge in [0, 0.05) is 54.1 Å². The van der Waals surface area contributed by atoms with Crippen LogP contribution in [0.3, 0.4) is 0 Å². The number of para-hydroxylation sites is 1. The normalized spacial score (nSPS) is 16.4. The highest BCUT2D eigenvalue weighted by molar-refractivity contribution is 6.11. The number of Topliss-reactive ketones (excluding diaryl/α,β-unsaturated/α-hetero) is 1. The monoisotopic (exact) mass is 426 g/mol. The van der Waals surface area contributed by atoms with E-state index in [1.165, 1.54) is 5.69 Å². The second-order valence-electron chi connectivity index (χ2n) is 7.67. The van der Waals surface area contributed by atoms with E-state index in [4.69, 9.17) is 15.9 Å². The third-order valence-corrected chi connectivity index (χ3v) is 5.63. The molecule has 2 aromatic heterocycles. The van der Waals surface area contributed by atoms with Crippen molar-refractivity contribution in [1.82, 2.24) is 14.1 Å². The zero-order chi connectivity index (χ0) is 22.7. The van der Waals surface area contributed by atoms with E-state index >= 15 is 0 Å². The Balaban J connectivity index is 0.000000259. The lowest BCUT2D eigenvalue weighted by Gasteiger charge is -2.23. The number of carboxylic acids is 2. The molecule has 1 aromatic carbocycles. The van der Waals surface area contributed by atoms with Crippen molar-refractivity contribution in [2.75, 3.05) is 0 Å². The van der Waals surface area contributed by atoms with Crippen LogP contribution >= 0.6 is 0 Å². The van der Waals surface area contributed by atoms with Gasteiger partial charge in [0.05, 0.1) is 6.42 Å². The first-order valence-corrected chi connectivity index (χ1v) is 9.99. The fourth-order valence-corrected chi connectivity index (χ4v) is 3.94. The molecule has 0 spiro atoms. The standard InChI is InChI=1S/C18H19N3O.C4H7NO4/c1-12-19-9-10-21(12)11-13-7-8-16-17(18(13)22)14-5-3-4-6-15(14)20(16)2;5-2(4(8)9)1-3(6)7/h3-6,9-10,13H,7-8,11H2,1-2H3;2H,1,5H2,(H,6,7)(H,8,9). The number of nitrogens with two attached hydrogens (primary N) is 1. The Labute approximate surface area is 179 Å². The van der Waals surface area contributed by atoms with Crippen LogP contribution in [0.2, 0.25) is 0 Å². The first kappa shape index (κ1) is 22.2. The molecule has 4 N–H and O–H groups in total. The summed E-state index contributed by atoms with van der Waals surface area (Å²) in [5, 5.41) is 17.1. The first-order valence-electron chi connectivity index (χ1n) is 9.99. The molecule has 0 bridgehead atoms. The number of aliphatic carboxylic acids is 2. The van der Waals surface area contributed by atoms with Crippen molar-refractivity contribution in [3.63, 3.8) is 0 Å². The molecular weight excluding hydrogens is 400 g/mol. The Bertz CT molecular complexity index is 1130. The van der Waals surface area contributed by atoms with Crippen molar-refractivity contribution in [3.05, 3.63) is 53.7 Å². The molecule has 1 aliphatic carbocycles. The summed E-state index contributed by atoms with van der Waals surface area (Å²) in [5.74, 6) is -1.20. The van der Waals surface area contributed by atoms with Crippen LogP contribution < -0.4 is 5.73 Å². The van der Waals surface area contributed by atoms with Crippen molar-refractivity contribution < 1.29 is 24.6 Å². The number of hydrogen-bond donors (Lipinski definition) is 3. The van der Waals surface area contributed by atoms with Crippen molar-refractivity contribution >= 4 is 28.6 Å². The van der Waals surface area contributed by atoms with Gasteiger partial charge in [-0.3, -0.25) is 14.4 Å². The van der Waals surface area contributed by atoms with Gasteiger partial charge in [0.15, 0.2) is 5.78 Å². The van der Waals surface area contributed by atoms with Gasteiger partial charge in [0.2, 0.25) is 0 Å². The molecule has 0 saturated carbocycles. The van der Waals surface area contributed by atoms with Crippen LogP contribution in [0.5, 0.6) is 0 Å². The molecule has 1 aliphatic rings. The molecule has 9 nitrogen and oxygen atoms in total. The highest BCUT2D eigenvalue weighted by atomic mass is 16.4. The molecule has 0 saturated heterocycles. The maximum absolute atomic E-state index is 13.0. The average Bonchev–Trinajstić information content (AvgIpc) is 3.25. The van der Waals surface area contributed by atoms with Crippen LogP contribution in [0.25, 0.3) is 10.9 Å². The number of ketones is 1. The molecule has 164 valence electrons. The first-order chi connectivity index (χ1) is 14.7. The van der Waals surface area contributed by atoms with Crippen LogP contribution in [0.4, 0.5) is 0 Å². The third-order valence-electron chi connectivity index (χ3n) is 5.63. The van der Waals surface area contributed by atoms with Crippen LogP contribution in [-0.2, 0) is 29.6 Å². The van der Waals surface area contributed by atoms with Gasteiger partial charge in [-0.15, -0.1) is 0 Å². The summed E-state index contributed by atoms with van der Waals surface area (Å²) >= 11 is 0. The molecule has 2 heterocycles. The quantitative estimate of drug-likeness (QED) is 0.567. The minimum Gasteiger partial charge on any atom is -0.481 e. The van der Waals surface area contributed by atoms with E-state index in [9.17, 15) is 14.4 Å². The molecule has 9 heteroatoms. The van der Waals surface area contributed by atoms with Crippen molar-refractivity contribution in [1.29, 1.82) is 0 Å². The molecular formula is C22H26N4O5. The highest BCUT2D eigenvalue weighted by Gasteiger charge is 2.32. The lowest BCUT2D eigenvalue weighted by Crippen LogP contribution is -2.32. The minimum atomic E-state index is -1.29. The molecule has 4 rings (SSSR count). The summed E-state index contributed by atoms with van der Waals surface area (Å²) in [5.41, 5.74) is 8.11. The van der Waals surface area contributed by atoms with Crippen LogP contribution in [-0.4, -0.2) is 48.1 Å². The Morgan fingerprint density at radius 3 is 2.58 bits per heavy atom. The second kappa shape index (κ2) is 9.13. The second-order valence-corrected chi connectivity index (χ2v) is 7.67. The molecule has 0 radical (unpaired) electrons. The SMILES string of the molecule is Cc1nccn1CC1CCc2c(c3ccccc3n2C)C1=O.NC(CC(=O)O)C(=O)O. The van der Waals surface area contributed by atoms with E-state index in [0.717, 1.165) is 41.7 Å². The van der Waals surface area contributed by atoms with Gasteiger partial charge in [-0.05, 0) is 25.8 Å². The lowest BCUT2D eigenvalue weighted by molar-refractivity contribution is -0.144. The molecule has 0 aliphatic heterocycles. The summed E-state index contributed by atoms with van der Waals surface area (Å²) in [4.78, 5) is 36.9. The zero-order valence-corrected chi connectivity index (χ0v) is 17.5. The predicted octanol–water partition coefficient (Wildman–Crippen LogP) is 2.00. The number of fused-ring (bicyclic) bond motifs is 3. The largest absolute Gasteiger partial charge is 0.481 e. The van der Waals surface area contributed by atoms with Gasteiger partial charge in [0.1, 0.15) is 11.9 Å². The number of rotatable bonds is 5. The van der Waals surface area contributed by atoms with E-state index in [1.807, 2.05) is 25.3 Å². The summed E-state index contributed by atoms with van der Waals surface area (Å²) in [6.45, 7) is 2.71. The van der Waals surface area contributed by atoms with Crippen molar-refractivity contribution in [2.24, 2.45) is 18.7 Å². The maximum Gasteiger partial charge on any atom is 0.321 e. The number of benzene rings is 1. The highest BCUT2D eigenvalue weighted by Crippen LogP contribution is 2.34. The van der Waals surface area contributed by atoms with Gasteiger partial charge < -0.3 is 25.1 Å². The van der Waals surface area contributed by atoms with Crippen LogP contribution in [0.15, 0.2) is 36.7 Å². The predicted molar refractivity (Wildman–Crippen MR) is 114 cm³/mol. The van der Waals surface area contributed by atoms with Gasteiger partial charge >= 0.3 is 11.9 Å². The maximum atomic E-state index is 13.0. The van der Waals surface area contributed by atoms with Gasteiger partial charge in [-0.2, -0.15) is 0 Å². The van der Waals surface area contributed by atoms with Gasteiger partial charge in [-0.1, -0.05) is 18.2 Å². The fraction of sp³-hybridized carbons (Fsp3) is 0.364. The summed E-state index contributed by atoms with van der Waals surface area (Å²) < 4.78 is 4.26. The molecule has 2 unspecified atom stereocenters. The Morgan fingerprint density at radius 2 is 2.00 bits per heavy atom. The Kier molecular flexibility index (Phi) is 6.55. The number of imidazole rings is 1. The smallest absolute Gasteiger partial charge is 0.321 e. The third kappa shape index (κ3) is 4.66. The minimum absolute atomic E-state index is 0.0474. The van der Waals surface area contributed by atoms with E-state index < -0.39 is 24.4 Å². The molecule has 0 amide bonds. The van der Waals surface area contributed by atoms with E-state index in [-0.39, 0.29) is 11.7 Å². The lowest BCUT2D eigenvalue weighted by atomic mass is 9.85. The van der Waals surface area contributed by atoms with Crippen molar-refractivity contribution in [2.45, 2.75) is 38.8 Å². The molecule has 0 fully saturated rings.